The first-order valence-corrected chi connectivity index (χ1v) is 8.03. The van der Waals surface area contributed by atoms with Crippen LogP contribution in [-0.2, 0) is 0 Å². The Morgan fingerprint density at radius 1 is 1.33 bits per heavy atom. The standard InChI is InChI=1S/C12H13Br2Cl2NO/c1-2-12(6-15,7-16)17-11(18)9-4-3-8(13)5-10(9)14/h3-5H,2,6-7H2,1H3,(H,17,18). The summed E-state index contributed by atoms with van der Waals surface area (Å²) in [5.74, 6) is 0.386. The third-order valence-electron chi connectivity index (χ3n) is 2.74. The number of halogens is 4. The first-order chi connectivity index (χ1) is 8.48. The molecule has 0 aliphatic heterocycles. The van der Waals surface area contributed by atoms with E-state index >= 15 is 0 Å². The van der Waals surface area contributed by atoms with E-state index in [9.17, 15) is 4.79 Å². The Bertz CT molecular complexity index is 428. The van der Waals surface area contributed by atoms with Crippen LogP contribution in [0.25, 0.3) is 0 Å². The van der Waals surface area contributed by atoms with Crippen LogP contribution >= 0.6 is 55.1 Å². The van der Waals surface area contributed by atoms with Gasteiger partial charge in [0.2, 0.25) is 0 Å². The van der Waals surface area contributed by atoms with Crippen molar-refractivity contribution in [1.82, 2.24) is 5.32 Å². The monoisotopic (exact) mass is 415 g/mol. The number of amides is 1. The van der Waals surface area contributed by atoms with Gasteiger partial charge in [-0.15, -0.1) is 23.2 Å². The zero-order valence-corrected chi connectivity index (χ0v) is 14.5. The van der Waals surface area contributed by atoms with E-state index in [0.717, 1.165) is 8.95 Å². The number of rotatable bonds is 5. The minimum Gasteiger partial charge on any atom is -0.344 e. The molecule has 2 nitrogen and oxygen atoms in total. The number of nitrogens with one attached hydrogen (secondary N) is 1. The highest BCUT2D eigenvalue weighted by Gasteiger charge is 2.29. The van der Waals surface area contributed by atoms with Crippen molar-refractivity contribution in [2.45, 2.75) is 18.9 Å². The Balaban J connectivity index is 2.94. The molecule has 0 radical (unpaired) electrons. The molecule has 18 heavy (non-hydrogen) atoms. The molecule has 0 aliphatic rings. The van der Waals surface area contributed by atoms with Crippen LogP contribution in [0.3, 0.4) is 0 Å². The molecule has 1 aromatic rings. The molecule has 0 fully saturated rings. The molecule has 0 spiro atoms. The molecular formula is C12H13Br2Cl2NO. The maximum Gasteiger partial charge on any atom is 0.252 e. The number of hydrogen-bond acceptors (Lipinski definition) is 1. The number of benzene rings is 1. The maximum atomic E-state index is 12.2. The predicted octanol–water partition coefficient (Wildman–Crippen LogP) is 4.57. The van der Waals surface area contributed by atoms with Crippen molar-refractivity contribution in [1.29, 1.82) is 0 Å². The molecule has 0 heterocycles. The maximum absolute atomic E-state index is 12.2. The van der Waals surface area contributed by atoms with Crippen molar-refractivity contribution in [2.24, 2.45) is 0 Å². The third-order valence-corrected chi connectivity index (χ3v) is 4.92. The quantitative estimate of drug-likeness (QED) is 0.699. The van der Waals surface area contributed by atoms with E-state index in [-0.39, 0.29) is 17.7 Å². The molecule has 0 aromatic heterocycles. The summed E-state index contributed by atoms with van der Waals surface area (Å²) in [6, 6.07) is 5.38. The second-order valence-electron chi connectivity index (χ2n) is 3.98. The van der Waals surface area contributed by atoms with Gasteiger partial charge in [0, 0.05) is 20.7 Å². The lowest BCUT2D eigenvalue weighted by Crippen LogP contribution is -2.51. The van der Waals surface area contributed by atoms with Crippen molar-refractivity contribution in [3.05, 3.63) is 32.7 Å². The average Bonchev–Trinajstić information content (AvgIpc) is 2.36. The average molecular weight is 418 g/mol. The topological polar surface area (TPSA) is 29.1 Å². The number of carbonyl (C=O) groups is 1. The van der Waals surface area contributed by atoms with Gasteiger partial charge in [0.1, 0.15) is 0 Å². The lowest BCUT2D eigenvalue weighted by molar-refractivity contribution is 0.0912. The van der Waals surface area contributed by atoms with Crippen molar-refractivity contribution in [2.75, 3.05) is 11.8 Å². The first-order valence-electron chi connectivity index (χ1n) is 5.37. The van der Waals surface area contributed by atoms with E-state index in [1.807, 2.05) is 19.1 Å². The molecule has 1 amide bonds. The van der Waals surface area contributed by atoms with E-state index in [0.29, 0.717) is 12.0 Å². The van der Waals surface area contributed by atoms with Gasteiger partial charge in [-0.3, -0.25) is 4.79 Å². The van der Waals surface area contributed by atoms with Gasteiger partial charge in [-0.2, -0.15) is 0 Å². The fraction of sp³-hybridized carbons (Fsp3) is 0.417. The summed E-state index contributed by atoms with van der Waals surface area (Å²) in [4.78, 5) is 12.2. The van der Waals surface area contributed by atoms with Crippen LogP contribution in [0.5, 0.6) is 0 Å². The summed E-state index contributed by atoms with van der Waals surface area (Å²) in [5, 5.41) is 2.91. The van der Waals surface area contributed by atoms with Gasteiger partial charge in [0.25, 0.3) is 5.91 Å². The van der Waals surface area contributed by atoms with Crippen LogP contribution in [0.1, 0.15) is 23.7 Å². The molecule has 6 heteroatoms. The number of hydrogen-bond donors (Lipinski definition) is 1. The fourth-order valence-corrected chi connectivity index (χ4v) is 3.39. The molecule has 0 unspecified atom stereocenters. The van der Waals surface area contributed by atoms with E-state index in [1.54, 1.807) is 6.07 Å². The Morgan fingerprint density at radius 2 is 1.94 bits per heavy atom. The molecule has 1 rings (SSSR count). The largest absolute Gasteiger partial charge is 0.344 e. The van der Waals surface area contributed by atoms with Crippen molar-refractivity contribution < 1.29 is 4.79 Å². The molecule has 0 atom stereocenters. The highest BCUT2D eigenvalue weighted by atomic mass is 79.9. The predicted molar refractivity (Wildman–Crippen MR) is 83.8 cm³/mol. The number of alkyl halides is 2. The Hall–Kier alpha value is 0.230. The third kappa shape index (κ3) is 3.86. The van der Waals surface area contributed by atoms with Crippen molar-refractivity contribution in [3.8, 4) is 0 Å². The minimum absolute atomic E-state index is 0.183. The Labute approximate surface area is 134 Å². The normalized spacial score (nSPS) is 11.4. The summed E-state index contributed by atoms with van der Waals surface area (Å²) in [7, 11) is 0. The summed E-state index contributed by atoms with van der Waals surface area (Å²) in [6.45, 7) is 1.95. The number of carbonyl (C=O) groups excluding carboxylic acids is 1. The molecule has 0 saturated carbocycles. The van der Waals surface area contributed by atoms with Gasteiger partial charge >= 0.3 is 0 Å². The molecule has 1 aromatic carbocycles. The highest BCUT2D eigenvalue weighted by Crippen LogP contribution is 2.23. The van der Waals surface area contributed by atoms with E-state index in [2.05, 4.69) is 37.2 Å². The highest BCUT2D eigenvalue weighted by molar-refractivity contribution is 9.11. The summed E-state index contributed by atoms with van der Waals surface area (Å²) < 4.78 is 1.63. The molecule has 100 valence electrons. The van der Waals surface area contributed by atoms with Gasteiger partial charge < -0.3 is 5.32 Å². The Morgan fingerprint density at radius 3 is 2.39 bits per heavy atom. The van der Waals surface area contributed by atoms with Gasteiger partial charge in [-0.05, 0) is 40.5 Å². The van der Waals surface area contributed by atoms with Gasteiger partial charge in [0.15, 0.2) is 0 Å². The van der Waals surface area contributed by atoms with Crippen LogP contribution in [0.2, 0.25) is 0 Å². The Kier molecular flexibility index (Phi) is 6.45. The van der Waals surface area contributed by atoms with Crippen LogP contribution < -0.4 is 5.32 Å². The van der Waals surface area contributed by atoms with Crippen molar-refractivity contribution in [3.63, 3.8) is 0 Å². The van der Waals surface area contributed by atoms with E-state index < -0.39 is 5.54 Å². The fourth-order valence-electron chi connectivity index (χ4n) is 1.36. The molecule has 0 saturated heterocycles. The molecule has 0 bridgehead atoms. The molecule has 1 N–H and O–H groups in total. The molecular weight excluding hydrogens is 405 g/mol. The second kappa shape index (κ2) is 7.13. The minimum atomic E-state index is -0.563. The van der Waals surface area contributed by atoms with Gasteiger partial charge in [0.05, 0.1) is 11.1 Å². The van der Waals surface area contributed by atoms with Gasteiger partial charge in [-0.1, -0.05) is 22.9 Å². The lowest BCUT2D eigenvalue weighted by Gasteiger charge is -2.29. The summed E-state index contributed by atoms with van der Waals surface area (Å²) in [5.41, 5.74) is -0.00144. The molecule has 0 aliphatic carbocycles. The van der Waals surface area contributed by atoms with Crippen LogP contribution in [0.15, 0.2) is 27.1 Å². The zero-order chi connectivity index (χ0) is 13.8. The van der Waals surface area contributed by atoms with E-state index in [1.165, 1.54) is 0 Å². The van der Waals surface area contributed by atoms with Crippen LogP contribution in [0.4, 0.5) is 0 Å². The van der Waals surface area contributed by atoms with Gasteiger partial charge in [-0.25, -0.2) is 0 Å². The van der Waals surface area contributed by atoms with Crippen LogP contribution in [0, 0.1) is 0 Å². The zero-order valence-electron chi connectivity index (χ0n) is 9.77. The van der Waals surface area contributed by atoms with E-state index in [4.69, 9.17) is 23.2 Å². The van der Waals surface area contributed by atoms with Crippen molar-refractivity contribution >= 4 is 61.0 Å². The lowest BCUT2D eigenvalue weighted by atomic mass is 10.0. The summed E-state index contributed by atoms with van der Waals surface area (Å²) >= 11 is 18.5. The van der Waals surface area contributed by atoms with Crippen LogP contribution in [-0.4, -0.2) is 23.2 Å². The first kappa shape index (κ1) is 16.3. The SMILES string of the molecule is CCC(CCl)(CCl)NC(=O)c1ccc(Br)cc1Br. The summed E-state index contributed by atoms with van der Waals surface area (Å²) in [6.07, 6.45) is 0.680. The smallest absolute Gasteiger partial charge is 0.252 e. The second-order valence-corrected chi connectivity index (χ2v) is 6.28.